The molecule has 1 N–H and O–H groups in total. The normalized spacial score (nSPS) is 11.2. The summed E-state index contributed by atoms with van der Waals surface area (Å²) in [6, 6.07) is 13.8. The third-order valence-electron chi connectivity index (χ3n) is 4.01. The molecule has 0 bridgehead atoms. The average molecular weight is 385 g/mol. The molecular weight excluding hydrogens is 368 g/mol. The number of fused-ring (bicyclic) bond motifs is 1. The summed E-state index contributed by atoms with van der Waals surface area (Å²) < 4.78 is 7.73. The van der Waals surface area contributed by atoms with E-state index < -0.39 is 0 Å². The first kappa shape index (κ1) is 17.0. The topological polar surface area (TPSA) is 55.7 Å². The van der Waals surface area contributed by atoms with Crippen molar-refractivity contribution in [2.75, 3.05) is 0 Å². The van der Waals surface area contributed by atoms with Crippen LogP contribution in [0.1, 0.15) is 11.4 Å². The van der Waals surface area contributed by atoms with E-state index in [0.717, 1.165) is 33.5 Å². The Morgan fingerprint density at radius 1 is 1.19 bits per heavy atom. The maximum atomic E-state index is 6.01. The number of aromatic nitrogens is 4. The molecule has 0 aliphatic heterocycles. The van der Waals surface area contributed by atoms with Crippen molar-refractivity contribution in [2.24, 2.45) is 7.05 Å². The number of ether oxygens (including phenoxy) is 1. The third kappa shape index (κ3) is 3.86. The highest BCUT2D eigenvalue weighted by atomic mass is 35.5. The molecule has 2 aromatic heterocycles. The fourth-order valence-corrected chi connectivity index (χ4v) is 3.56. The lowest BCUT2D eigenvalue weighted by atomic mass is 10.2. The van der Waals surface area contributed by atoms with Gasteiger partial charge in [-0.15, -0.1) is 0 Å². The summed E-state index contributed by atoms with van der Waals surface area (Å²) in [4.78, 5) is 12.1. The van der Waals surface area contributed by atoms with Gasteiger partial charge < -0.3 is 14.3 Å². The molecule has 0 radical (unpaired) electrons. The zero-order valence-corrected chi connectivity index (χ0v) is 15.7. The molecule has 0 aliphatic carbocycles. The predicted molar refractivity (Wildman–Crippen MR) is 105 cm³/mol. The van der Waals surface area contributed by atoms with E-state index in [1.165, 1.54) is 5.56 Å². The van der Waals surface area contributed by atoms with Gasteiger partial charge in [-0.2, -0.15) is 0 Å². The van der Waals surface area contributed by atoms with E-state index in [1.807, 2.05) is 48.1 Å². The molecule has 0 aliphatic rings. The number of imidazole rings is 2. The number of thioether (sulfide) groups is 1. The molecule has 2 aromatic carbocycles. The molecule has 0 saturated carbocycles. The zero-order chi connectivity index (χ0) is 17.9. The fourth-order valence-electron chi connectivity index (χ4n) is 2.54. The zero-order valence-electron chi connectivity index (χ0n) is 14.1. The van der Waals surface area contributed by atoms with Gasteiger partial charge in [-0.1, -0.05) is 35.5 Å². The first-order chi connectivity index (χ1) is 12.7. The van der Waals surface area contributed by atoms with Gasteiger partial charge >= 0.3 is 0 Å². The minimum atomic E-state index is 0.457. The molecular formula is C19H17ClN4OS. The molecule has 0 saturated heterocycles. The highest BCUT2D eigenvalue weighted by Gasteiger charge is 2.05. The quantitative estimate of drug-likeness (QED) is 0.484. The van der Waals surface area contributed by atoms with Crippen LogP contribution in [0.3, 0.4) is 0 Å². The van der Waals surface area contributed by atoms with Gasteiger partial charge in [0.2, 0.25) is 0 Å². The largest absolute Gasteiger partial charge is 0.486 e. The van der Waals surface area contributed by atoms with Crippen LogP contribution < -0.4 is 4.74 Å². The fraction of sp³-hybridized carbons (Fsp3) is 0.158. The summed E-state index contributed by atoms with van der Waals surface area (Å²) in [7, 11) is 1.96. The van der Waals surface area contributed by atoms with Crippen LogP contribution in [0.5, 0.6) is 5.75 Å². The minimum Gasteiger partial charge on any atom is -0.486 e. The number of nitrogens with zero attached hydrogens (tertiary/aromatic N) is 3. The van der Waals surface area contributed by atoms with Crippen molar-refractivity contribution >= 4 is 34.4 Å². The van der Waals surface area contributed by atoms with Gasteiger partial charge in [0.05, 0.1) is 11.0 Å². The van der Waals surface area contributed by atoms with E-state index in [-0.39, 0.29) is 0 Å². The number of hydrogen-bond donors (Lipinski definition) is 1. The Hall–Kier alpha value is -2.44. The van der Waals surface area contributed by atoms with E-state index in [2.05, 4.69) is 27.1 Å². The van der Waals surface area contributed by atoms with E-state index in [9.17, 15) is 0 Å². The number of rotatable bonds is 6. The van der Waals surface area contributed by atoms with Crippen molar-refractivity contribution in [1.29, 1.82) is 0 Å². The minimum absolute atomic E-state index is 0.457. The van der Waals surface area contributed by atoms with Crippen LogP contribution in [0.2, 0.25) is 5.02 Å². The van der Waals surface area contributed by atoms with Gasteiger partial charge in [0.25, 0.3) is 0 Å². The maximum Gasteiger partial charge on any atom is 0.166 e. The molecule has 0 unspecified atom stereocenters. The highest BCUT2D eigenvalue weighted by Crippen LogP contribution is 2.25. The van der Waals surface area contributed by atoms with Gasteiger partial charge in [-0.25, -0.2) is 9.97 Å². The van der Waals surface area contributed by atoms with Crippen molar-refractivity contribution in [1.82, 2.24) is 19.5 Å². The smallest absolute Gasteiger partial charge is 0.166 e. The molecule has 4 rings (SSSR count). The van der Waals surface area contributed by atoms with Gasteiger partial charge in [-0.05, 0) is 35.9 Å². The van der Waals surface area contributed by atoms with E-state index in [4.69, 9.17) is 16.3 Å². The lowest BCUT2D eigenvalue weighted by molar-refractivity contribution is 0.292. The molecule has 2 heterocycles. The maximum absolute atomic E-state index is 6.01. The molecule has 5 nitrogen and oxygen atoms in total. The van der Waals surface area contributed by atoms with Crippen molar-refractivity contribution < 1.29 is 4.74 Å². The Bertz CT molecular complexity index is 1030. The lowest BCUT2D eigenvalue weighted by Gasteiger charge is -2.07. The molecule has 4 aromatic rings. The van der Waals surface area contributed by atoms with Crippen LogP contribution in [0, 0.1) is 0 Å². The Morgan fingerprint density at radius 2 is 2.04 bits per heavy atom. The Kier molecular flexibility index (Phi) is 4.86. The summed E-state index contributed by atoms with van der Waals surface area (Å²) in [6.07, 6.45) is 3.68. The summed E-state index contributed by atoms with van der Waals surface area (Å²) in [5.41, 5.74) is 3.09. The Morgan fingerprint density at radius 3 is 2.81 bits per heavy atom. The number of hydrogen-bond acceptors (Lipinski definition) is 4. The number of aryl methyl sites for hydroxylation is 1. The van der Waals surface area contributed by atoms with E-state index >= 15 is 0 Å². The van der Waals surface area contributed by atoms with Crippen LogP contribution in [-0.4, -0.2) is 19.5 Å². The number of nitrogens with one attached hydrogen (secondary N) is 1. The Balaban J connectivity index is 1.35. The SMILES string of the molecule is Cn1ccnc1COc1ccc(CSc2nc3ccc(Cl)cc3[nH]2)cc1. The summed E-state index contributed by atoms with van der Waals surface area (Å²) in [5, 5.41) is 1.59. The summed E-state index contributed by atoms with van der Waals surface area (Å²) >= 11 is 7.67. The van der Waals surface area contributed by atoms with Crippen LogP contribution in [0.4, 0.5) is 0 Å². The first-order valence-electron chi connectivity index (χ1n) is 8.13. The molecule has 0 amide bonds. The second kappa shape index (κ2) is 7.43. The van der Waals surface area contributed by atoms with Crippen LogP contribution in [0.25, 0.3) is 11.0 Å². The molecule has 0 atom stereocenters. The first-order valence-corrected chi connectivity index (χ1v) is 9.50. The van der Waals surface area contributed by atoms with Gasteiger partial charge in [0, 0.05) is 30.2 Å². The molecule has 0 spiro atoms. The van der Waals surface area contributed by atoms with Crippen LogP contribution in [0.15, 0.2) is 60.0 Å². The number of H-pyrrole nitrogens is 1. The van der Waals surface area contributed by atoms with Crippen LogP contribution in [-0.2, 0) is 19.4 Å². The second-order valence-electron chi connectivity index (χ2n) is 5.88. The molecule has 26 heavy (non-hydrogen) atoms. The van der Waals surface area contributed by atoms with Crippen molar-refractivity contribution in [3.63, 3.8) is 0 Å². The average Bonchev–Trinajstić information content (AvgIpc) is 3.24. The van der Waals surface area contributed by atoms with Gasteiger partial charge in [0.1, 0.15) is 18.2 Å². The molecule has 7 heteroatoms. The highest BCUT2D eigenvalue weighted by molar-refractivity contribution is 7.98. The second-order valence-corrected chi connectivity index (χ2v) is 7.28. The number of aromatic amines is 1. The number of benzene rings is 2. The van der Waals surface area contributed by atoms with Gasteiger partial charge in [-0.3, -0.25) is 0 Å². The van der Waals surface area contributed by atoms with E-state index in [0.29, 0.717) is 11.6 Å². The summed E-state index contributed by atoms with van der Waals surface area (Å²) in [6.45, 7) is 0.457. The molecule has 0 fully saturated rings. The number of halogens is 1. The van der Waals surface area contributed by atoms with Crippen LogP contribution >= 0.6 is 23.4 Å². The van der Waals surface area contributed by atoms with E-state index in [1.54, 1.807) is 18.0 Å². The van der Waals surface area contributed by atoms with Crippen molar-refractivity contribution in [2.45, 2.75) is 17.5 Å². The van der Waals surface area contributed by atoms with Gasteiger partial charge in [0.15, 0.2) is 5.16 Å². The monoisotopic (exact) mass is 384 g/mol. The predicted octanol–water partition coefficient (Wildman–Crippen LogP) is 4.82. The molecule has 132 valence electrons. The van der Waals surface area contributed by atoms with Crippen molar-refractivity contribution in [3.05, 3.63) is 71.3 Å². The standard InChI is InChI=1S/C19H17ClN4OS/c1-24-9-8-21-18(24)11-25-15-5-2-13(3-6-15)12-26-19-22-16-7-4-14(20)10-17(16)23-19/h2-10H,11-12H2,1H3,(H,22,23). The Labute approximate surface area is 160 Å². The lowest BCUT2D eigenvalue weighted by Crippen LogP contribution is -2.02. The third-order valence-corrected chi connectivity index (χ3v) is 5.19. The van der Waals surface area contributed by atoms with Crippen molar-refractivity contribution in [3.8, 4) is 5.75 Å². The summed E-state index contributed by atoms with van der Waals surface area (Å²) in [5.74, 6) is 2.56.